The SMILES string of the molecule is COC(CN)C(=O)Nc1ccc(N2CCCCCC2)cc1. The minimum atomic E-state index is -0.602. The maximum absolute atomic E-state index is 11.9. The molecule has 5 heteroatoms. The first-order chi connectivity index (χ1) is 10.2. The summed E-state index contributed by atoms with van der Waals surface area (Å²) in [5.74, 6) is -0.206. The van der Waals surface area contributed by atoms with Crippen LogP contribution < -0.4 is 16.0 Å². The van der Waals surface area contributed by atoms with Gasteiger partial charge in [-0.3, -0.25) is 4.79 Å². The van der Waals surface area contributed by atoms with Gasteiger partial charge in [0, 0.05) is 38.1 Å². The van der Waals surface area contributed by atoms with Crippen LogP contribution in [0.15, 0.2) is 24.3 Å². The summed E-state index contributed by atoms with van der Waals surface area (Å²) in [6.07, 6.45) is 4.55. The molecule has 0 radical (unpaired) electrons. The number of hydrogen-bond donors (Lipinski definition) is 2. The number of nitrogens with zero attached hydrogens (tertiary/aromatic N) is 1. The van der Waals surface area contributed by atoms with E-state index in [2.05, 4.69) is 22.3 Å². The summed E-state index contributed by atoms with van der Waals surface area (Å²) in [5, 5.41) is 2.82. The number of ether oxygens (including phenoxy) is 1. The molecule has 1 unspecified atom stereocenters. The van der Waals surface area contributed by atoms with Crippen molar-refractivity contribution >= 4 is 17.3 Å². The van der Waals surface area contributed by atoms with Crippen molar-refractivity contribution in [3.05, 3.63) is 24.3 Å². The first kappa shape index (κ1) is 15.8. The molecule has 0 bridgehead atoms. The second kappa shape index (κ2) is 8.00. The second-order valence-corrected chi connectivity index (χ2v) is 5.40. The van der Waals surface area contributed by atoms with Crippen molar-refractivity contribution in [3.8, 4) is 0 Å². The van der Waals surface area contributed by atoms with Crippen molar-refractivity contribution in [2.75, 3.05) is 37.0 Å². The highest BCUT2D eigenvalue weighted by Crippen LogP contribution is 2.21. The molecule has 1 atom stereocenters. The topological polar surface area (TPSA) is 67.6 Å². The van der Waals surface area contributed by atoms with Crippen LogP contribution in [-0.2, 0) is 9.53 Å². The first-order valence-corrected chi connectivity index (χ1v) is 7.63. The smallest absolute Gasteiger partial charge is 0.254 e. The Morgan fingerprint density at radius 1 is 1.24 bits per heavy atom. The summed E-state index contributed by atoms with van der Waals surface area (Å²) in [5.41, 5.74) is 7.47. The number of carbonyl (C=O) groups is 1. The van der Waals surface area contributed by atoms with Gasteiger partial charge in [0.05, 0.1) is 0 Å². The third-order valence-corrected chi connectivity index (χ3v) is 3.90. The van der Waals surface area contributed by atoms with Crippen molar-refractivity contribution in [1.29, 1.82) is 0 Å². The van der Waals surface area contributed by atoms with Crippen LogP contribution >= 0.6 is 0 Å². The van der Waals surface area contributed by atoms with Crippen molar-refractivity contribution in [1.82, 2.24) is 0 Å². The van der Waals surface area contributed by atoms with Gasteiger partial charge in [0.25, 0.3) is 5.91 Å². The highest BCUT2D eigenvalue weighted by Gasteiger charge is 2.16. The zero-order valence-electron chi connectivity index (χ0n) is 12.7. The lowest BCUT2D eigenvalue weighted by molar-refractivity contribution is -0.125. The fourth-order valence-electron chi connectivity index (χ4n) is 2.62. The number of amides is 1. The lowest BCUT2D eigenvalue weighted by atomic mass is 10.2. The highest BCUT2D eigenvalue weighted by atomic mass is 16.5. The molecule has 1 heterocycles. The minimum absolute atomic E-state index is 0.175. The average molecular weight is 291 g/mol. The minimum Gasteiger partial charge on any atom is -0.372 e. The maximum Gasteiger partial charge on any atom is 0.254 e. The van der Waals surface area contributed by atoms with E-state index in [9.17, 15) is 4.79 Å². The van der Waals surface area contributed by atoms with Gasteiger partial charge in [0.1, 0.15) is 6.10 Å². The van der Waals surface area contributed by atoms with Crippen molar-refractivity contribution in [3.63, 3.8) is 0 Å². The Bertz CT molecular complexity index is 435. The van der Waals surface area contributed by atoms with E-state index in [1.807, 2.05) is 12.1 Å². The molecule has 2 rings (SSSR count). The number of benzene rings is 1. The molecule has 5 nitrogen and oxygen atoms in total. The number of rotatable bonds is 5. The number of carbonyl (C=O) groups excluding carboxylic acids is 1. The van der Waals surface area contributed by atoms with Crippen LogP contribution in [0.3, 0.4) is 0 Å². The zero-order valence-corrected chi connectivity index (χ0v) is 12.7. The lowest BCUT2D eigenvalue weighted by Crippen LogP contribution is -2.35. The van der Waals surface area contributed by atoms with Crippen LogP contribution in [0.25, 0.3) is 0 Å². The number of methoxy groups -OCH3 is 1. The summed E-state index contributed by atoms with van der Waals surface area (Å²) < 4.78 is 5.02. The first-order valence-electron chi connectivity index (χ1n) is 7.63. The van der Waals surface area contributed by atoms with E-state index in [1.165, 1.54) is 38.5 Å². The predicted octanol–water partition coefficient (Wildman–Crippen LogP) is 1.98. The van der Waals surface area contributed by atoms with Gasteiger partial charge in [-0.1, -0.05) is 12.8 Å². The molecule has 1 fully saturated rings. The molecule has 0 spiro atoms. The normalized spacial score (nSPS) is 17.1. The summed E-state index contributed by atoms with van der Waals surface area (Å²) in [7, 11) is 1.49. The van der Waals surface area contributed by atoms with Gasteiger partial charge in [-0.05, 0) is 37.1 Å². The Labute approximate surface area is 126 Å². The Kier molecular flexibility index (Phi) is 6.02. The van der Waals surface area contributed by atoms with Crippen molar-refractivity contribution < 1.29 is 9.53 Å². The Balaban J connectivity index is 1.96. The molecule has 1 aliphatic rings. The molecule has 3 N–H and O–H groups in total. The molecule has 1 amide bonds. The number of anilines is 2. The van der Waals surface area contributed by atoms with Crippen molar-refractivity contribution in [2.24, 2.45) is 5.73 Å². The van der Waals surface area contributed by atoms with Gasteiger partial charge in [-0.15, -0.1) is 0 Å². The molecule has 1 saturated heterocycles. The molecule has 0 aliphatic carbocycles. The molecule has 1 aromatic rings. The van der Waals surface area contributed by atoms with E-state index in [0.29, 0.717) is 0 Å². The van der Waals surface area contributed by atoms with Crippen LogP contribution in [0.1, 0.15) is 25.7 Å². The van der Waals surface area contributed by atoms with E-state index < -0.39 is 6.10 Å². The third-order valence-electron chi connectivity index (χ3n) is 3.90. The summed E-state index contributed by atoms with van der Waals surface area (Å²) in [6.45, 7) is 2.41. The number of nitrogens with one attached hydrogen (secondary N) is 1. The number of nitrogens with two attached hydrogens (primary N) is 1. The monoisotopic (exact) mass is 291 g/mol. The molecule has 0 aromatic heterocycles. The van der Waals surface area contributed by atoms with Gasteiger partial charge < -0.3 is 20.7 Å². The second-order valence-electron chi connectivity index (χ2n) is 5.40. The van der Waals surface area contributed by atoms with Crippen LogP contribution in [-0.4, -0.2) is 38.8 Å². The van der Waals surface area contributed by atoms with E-state index in [4.69, 9.17) is 10.5 Å². The summed E-state index contributed by atoms with van der Waals surface area (Å²) in [4.78, 5) is 14.3. The highest BCUT2D eigenvalue weighted by molar-refractivity contribution is 5.94. The summed E-state index contributed by atoms with van der Waals surface area (Å²) >= 11 is 0. The van der Waals surface area contributed by atoms with Gasteiger partial charge in [0.15, 0.2) is 0 Å². The maximum atomic E-state index is 11.9. The Hall–Kier alpha value is -1.59. The zero-order chi connectivity index (χ0) is 15.1. The lowest BCUT2D eigenvalue weighted by Gasteiger charge is -2.23. The number of hydrogen-bond acceptors (Lipinski definition) is 4. The van der Waals surface area contributed by atoms with Gasteiger partial charge in [-0.2, -0.15) is 0 Å². The average Bonchev–Trinajstić information content (AvgIpc) is 2.78. The van der Waals surface area contributed by atoms with Crippen LogP contribution in [0.2, 0.25) is 0 Å². The quantitative estimate of drug-likeness (QED) is 0.870. The van der Waals surface area contributed by atoms with E-state index >= 15 is 0 Å². The largest absolute Gasteiger partial charge is 0.372 e. The van der Waals surface area contributed by atoms with E-state index in [0.717, 1.165) is 18.8 Å². The molecule has 1 aliphatic heterocycles. The Morgan fingerprint density at radius 2 is 1.86 bits per heavy atom. The summed E-state index contributed by atoms with van der Waals surface area (Å²) in [6, 6.07) is 7.99. The molecule has 1 aromatic carbocycles. The van der Waals surface area contributed by atoms with E-state index in [1.54, 1.807) is 0 Å². The van der Waals surface area contributed by atoms with Crippen LogP contribution in [0, 0.1) is 0 Å². The Morgan fingerprint density at radius 3 is 2.38 bits per heavy atom. The molecular formula is C16H25N3O2. The molecule has 21 heavy (non-hydrogen) atoms. The fraction of sp³-hybridized carbons (Fsp3) is 0.562. The van der Waals surface area contributed by atoms with E-state index in [-0.39, 0.29) is 12.5 Å². The fourth-order valence-corrected chi connectivity index (χ4v) is 2.62. The predicted molar refractivity (Wildman–Crippen MR) is 85.6 cm³/mol. The molecule has 0 saturated carbocycles. The molecular weight excluding hydrogens is 266 g/mol. The van der Waals surface area contributed by atoms with Gasteiger partial charge in [-0.25, -0.2) is 0 Å². The standard InChI is InChI=1S/C16H25N3O2/c1-21-15(12-17)16(20)18-13-6-8-14(9-7-13)19-10-4-2-3-5-11-19/h6-9,15H,2-5,10-12,17H2,1H3,(H,18,20). The molecule has 116 valence electrons. The van der Waals surface area contributed by atoms with Crippen LogP contribution in [0.5, 0.6) is 0 Å². The van der Waals surface area contributed by atoms with Gasteiger partial charge >= 0.3 is 0 Å². The van der Waals surface area contributed by atoms with Gasteiger partial charge in [0.2, 0.25) is 0 Å². The van der Waals surface area contributed by atoms with Crippen molar-refractivity contribution in [2.45, 2.75) is 31.8 Å². The third kappa shape index (κ3) is 4.44. The van der Waals surface area contributed by atoms with Crippen LogP contribution in [0.4, 0.5) is 11.4 Å².